The summed E-state index contributed by atoms with van der Waals surface area (Å²) in [4.78, 5) is 41.9. The van der Waals surface area contributed by atoms with E-state index in [4.69, 9.17) is 4.84 Å². The van der Waals surface area contributed by atoms with Gasteiger partial charge in [0.15, 0.2) is 0 Å². The van der Waals surface area contributed by atoms with Crippen LogP contribution < -0.4 is 0 Å². The molecule has 2 aromatic rings. The molecule has 0 atom stereocenters. The van der Waals surface area contributed by atoms with Gasteiger partial charge in [0.2, 0.25) is 10.0 Å². The van der Waals surface area contributed by atoms with Crippen molar-refractivity contribution in [3.8, 4) is 0 Å². The van der Waals surface area contributed by atoms with Crippen LogP contribution in [0.4, 0.5) is 0 Å². The topological polar surface area (TPSA) is 101 Å². The first kappa shape index (κ1) is 19.7. The average Bonchev–Trinajstić information content (AvgIpc) is 2.92. The molecule has 2 aromatic carbocycles. The molecule has 1 aliphatic rings. The van der Waals surface area contributed by atoms with Gasteiger partial charge in [-0.2, -0.15) is 4.31 Å². The number of hydrogen-bond acceptors (Lipinski definition) is 6. The second-order valence-electron chi connectivity index (χ2n) is 6.47. The van der Waals surface area contributed by atoms with Crippen LogP contribution >= 0.6 is 0 Å². The zero-order chi connectivity index (χ0) is 20.6. The summed E-state index contributed by atoms with van der Waals surface area (Å²) in [5.41, 5.74) is 0.167. The predicted molar refractivity (Wildman–Crippen MR) is 98.9 cm³/mol. The molecular weight excluding hydrogens is 384 g/mol. The molecule has 1 heterocycles. The third-order valence-corrected chi connectivity index (χ3v) is 6.43. The Labute approximate surface area is 162 Å². The van der Waals surface area contributed by atoms with Crippen LogP contribution in [0.5, 0.6) is 0 Å². The summed E-state index contributed by atoms with van der Waals surface area (Å²) in [6.45, 7) is 3.44. The largest absolute Gasteiger partial charge is 0.363 e. The maximum absolute atomic E-state index is 12.6. The molecule has 3 rings (SSSR count). The molecule has 0 aromatic heterocycles. The third-order valence-electron chi connectivity index (χ3n) is 4.40. The Hall–Kier alpha value is -3.04. The van der Waals surface area contributed by atoms with Crippen LogP contribution in [0.2, 0.25) is 0 Å². The fraction of sp³-hybridized carbons (Fsp3) is 0.211. The normalized spacial score (nSPS) is 14.0. The highest BCUT2D eigenvalue weighted by molar-refractivity contribution is 7.89. The summed E-state index contributed by atoms with van der Waals surface area (Å²) in [6.07, 6.45) is 0. The molecule has 0 unspecified atom stereocenters. The van der Waals surface area contributed by atoms with Gasteiger partial charge in [0, 0.05) is 13.1 Å². The van der Waals surface area contributed by atoms with Gasteiger partial charge >= 0.3 is 5.97 Å². The first-order chi connectivity index (χ1) is 13.1. The average molecular weight is 402 g/mol. The Morgan fingerprint density at radius 3 is 2.11 bits per heavy atom. The Morgan fingerprint density at radius 2 is 1.57 bits per heavy atom. The van der Waals surface area contributed by atoms with Gasteiger partial charge in [-0.05, 0) is 44.2 Å². The molecule has 0 radical (unpaired) electrons. The molecular formula is C19H18N2O6S. The van der Waals surface area contributed by atoms with Gasteiger partial charge in [-0.25, -0.2) is 13.2 Å². The van der Waals surface area contributed by atoms with Crippen LogP contribution in [0.3, 0.4) is 0 Å². The smallest absolute Gasteiger partial charge is 0.324 e. The van der Waals surface area contributed by atoms with E-state index in [0.717, 1.165) is 6.07 Å². The predicted octanol–water partition coefficient (Wildman–Crippen LogP) is 2.08. The molecule has 0 fully saturated rings. The lowest BCUT2D eigenvalue weighted by atomic mass is 10.1. The summed E-state index contributed by atoms with van der Waals surface area (Å²) < 4.78 is 26.4. The van der Waals surface area contributed by atoms with Gasteiger partial charge < -0.3 is 4.84 Å². The van der Waals surface area contributed by atoms with Crippen LogP contribution in [-0.2, 0) is 14.9 Å². The molecule has 0 saturated carbocycles. The number of sulfonamides is 1. The highest BCUT2D eigenvalue weighted by atomic mass is 32.2. The van der Waals surface area contributed by atoms with E-state index in [9.17, 15) is 22.8 Å². The Balaban J connectivity index is 1.85. The summed E-state index contributed by atoms with van der Waals surface area (Å²) in [5, 5.41) is 0.383. The standard InChI is InChI=1S/C19H18N2O6S/c1-12(2)20(3)28(25,26)14-8-6-7-13(11-14)19(24)27-21-17(22)15-9-4-5-10-16(15)18(21)23/h4-12H,1-3H3. The fourth-order valence-corrected chi connectivity index (χ4v) is 4.03. The summed E-state index contributed by atoms with van der Waals surface area (Å²) in [7, 11) is -2.37. The second kappa shape index (κ2) is 7.17. The molecule has 0 N–H and O–H groups in total. The quantitative estimate of drug-likeness (QED) is 0.710. The molecule has 0 saturated heterocycles. The first-order valence-electron chi connectivity index (χ1n) is 8.43. The number of fused-ring (bicyclic) bond motifs is 1. The monoisotopic (exact) mass is 402 g/mol. The van der Waals surface area contributed by atoms with E-state index < -0.39 is 27.8 Å². The van der Waals surface area contributed by atoms with Crippen LogP contribution in [0.15, 0.2) is 53.4 Å². The Kier molecular flexibility index (Phi) is 5.05. The second-order valence-corrected chi connectivity index (χ2v) is 8.47. The lowest BCUT2D eigenvalue weighted by Crippen LogP contribution is -2.34. The number of hydrogen-bond donors (Lipinski definition) is 0. The van der Waals surface area contributed by atoms with Gasteiger partial charge in [-0.3, -0.25) is 9.59 Å². The molecule has 8 nitrogen and oxygen atoms in total. The lowest BCUT2D eigenvalue weighted by Gasteiger charge is -2.21. The number of hydroxylamine groups is 2. The minimum atomic E-state index is -3.81. The zero-order valence-corrected chi connectivity index (χ0v) is 16.3. The van der Waals surface area contributed by atoms with E-state index in [1.807, 2.05) is 0 Å². The highest BCUT2D eigenvalue weighted by Crippen LogP contribution is 2.24. The maximum atomic E-state index is 12.6. The molecule has 0 bridgehead atoms. The van der Waals surface area contributed by atoms with Gasteiger partial charge in [0.1, 0.15) is 0 Å². The van der Waals surface area contributed by atoms with Crippen LogP contribution in [0.25, 0.3) is 0 Å². The number of nitrogens with zero attached hydrogens (tertiary/aromatic N) is 2. The van der Waals surface area contributed by atoms with E-state index in [-0.39, 0.29) is 27.6 Å². The van der Waals surface area contributed by atoms with Crippen molar-refractivity contribution < 1.29 is 27.6 Å². The zero-order valence-electron chi connectivity index (χ0n) is 15.4. The SMILES string of the molecule is CC(C)N(C)S(=O)(=O)c1cccc(C(=O)ON2C(=O)c3ccccc3C2=O)c1. The van der Waals surface area contributed by atoms with Crippen LogP contribution in [0, 0.1) is 0 Å². The first-order valence-corrected chi connectivity index (χ1v) is 9.87. The molecule has 2 amide bonds. The molecule has 0 spiro atoms. The van der Waals surface area contributed by atoms with Gasteiger partial charge in [-0.15, -0.1) is 0 Å². The number of benzene rings is 2. The third kappa shape index (κ3) is 3.30. The van der Waals surface area contributed by atoms with Crippen molar-refractivity contribution in [1.82, 2.24) is 9.37 Å². The van der Waals surface area contributed by atoms with E-state index in [0.29, 0.717) is 5.06 Å². The van der Waals surface area contributed by atoms with E-state index in [2.05, 4.69) is 0 Å². The van der Waals surface area contributed by atoms with Crippen molar-refractivity contribution in [3.05, 3.63) is 65.2 Å². The van der Waals surface area contributed by atoms with Crippen molar-refractivity contribution in [2.24, 2.45) is 0 Å². The number of carbonyl (C=O) groups excluding carboxylic acids is 3. The summed E-state index contributed by atoms with van der Waals surface area (Å²) in [5.74, 6) is -2.52. The Morgan fingerprint density at radius 1 is 1.00 bits per heavy atom. The molecule has 28 heavy (non-hydrogen) atoms. The van der Waals surface area contributed by atoms with Gasteiger partial charge in [0.05, 0.1) is 21.6 Å². The van der Waals surface area contributed by atoms with Crippen molar-refractivity contribution in [2.45, 2.75) is 24.8 Å². The van der Waals surface area contributed by atoms with Gasteiger partial charge in [0.25, 0.3) is 11.8 Å². The highest BCUT2D eigenvalue weighted by Gasteiger charge is 2.39. The number of imide groups is 1. The molecule has 1 aliphatic heterocycles. The summed E-state index contributed by atoms with van der Waals surface area (Å²) >= 11 is 0. The van der Waals surface area contributed by atoms with Crippen molar-refractivity contribution in [2.75, 3.05) is 7.05 Å². The maximum Gasteiger partial charge on any atom is 0.363 e. The molecule has 0 aliphatic carbocycles. The fourth-order valence-electron chi connectivity index (χ4n) is 2.61. The number of carbonyl (C=O) groups is 3. The minimum absolute atomic E-state index is 0.0967. The van der Waals surface area contributed by atoms with E-state index >= 15 is 0 Å². The number of amides is 2. The van der Waals surface area contributed by atoms with Crippen molar-refractivity contribution >= 4 is 27.8 Å². The van der Waals surface area contributed by atoms with E-state index in [1.54, 1.807) is 26.0 Å². The van der Waals surface area contributed by atoms with Gasteiger partial charge in [-0.1, -0.05) is 23.3 Å². The van der Waals surface area contributed by atoms with Crippen molar-refractivity contribution in [3.63, 3.8) is 0 Å². The summed E-state index contributed by atoms with van der Waals surface area (Å²) in [6, 6.07) is 11.1. The number of rotatable bonds is 5. The molecule has 9 heteroatoms. The van der Waals surface area contributed by atoms with Crippen molar-refractivity contribution in [1.29, 1.82) is 0 Å². The molecule has 146 valence electrons. The van der Waals surface area contributed by atoms with Crippen LogP contribution in [-0.4, -0.2) is 48.7 Å². The van der Waals surface area contributed by atoms with Crippen LogP contribution in [0.1, 0.15) is 44.9 Å². The minimum Gasteiger partial charge on any atom is -0.324 e. The van der Waals surface area contributed by atoms with E-state index in [1.165, 1.54) is 41.7 Å². The lowest BCUT2D eigenvalue weighted by molar-refractivity contribution is -0.0584. The Bertz CT molecular complexity index is 1040.